The lowest BCUT2D eigenvalue weighted by Gasteiger charge is -2.17. The highest BCUT2D eigenvalue weighted by atomic mass is 16.4. The molecule has 0 saturated carbocycles. The van der Waals surface area contributed by atoms with Crippen LogP contribution in [0, 0.1) is 5.41 Å². The first-order chi connectivity index (χ1) is 7.70. The van der Waals surface area contributed by atoms with Gasteiger partial charge in [0.2, 0.25) is 0 Å². The summed E-state index contributed by atoms with van der Waals surface area (Å²) < 4.78 is 0. The van der Waals surface area contributed by atoms with Crippen LogP contribution in [-0.4, -0.2) is 29.6 Å². The van der Waals surface area contributed by atoms with Gasteiger partial charge in [-0.3, -0.25) is 10.1 Å². The van der Waals surface area contributed by atoms with Gasteiger partial charge >= 0.3 is 12.0 Å². The van der Waals surface area contributed by atoms with Gasteiger partial charge < -0.3 is 10.4 Å². The molecular weight excluding hydrogens is 224 g/mol. The van der Waals surface area contributed by atoms with Gasteiger partial charge in [0.1, 0.15) is 0 Å². The fourth-order valence-electron chi connectivity index (χ4n) is 0.896. The number of hydrogen-bond acceptors (Lipinski definition) is 3. The van der Waals surface area contributed by atoms with Gasteiger partial charge in [0.25, 0.3) is 5.91 Å². The molecule has 0 bridgehead atoms. The minimum absolute atomic E-state index is 0.0977. The molecule has 0 aliphatic rings. The maximum absolute atomic E-state index is 11.2. The summed E-state index contributed by atoms with van der Waals surface area (Å²) in [6.45, 7) is 6.55. The third-order valence-corrected chi connectivity index (χ3v) is 1.77. The Balaban J connectivity index is 3.87. The van der Waals surface area contributed by atoms with E-state index in [-0.39, 0.29) is 5.41 Å². The Labute approximate surface area is 100 Å². The Kier molecular flexibility index (Phi) is 5.95. The van der Waals surface area contributed by atoms with E-state index in [0.717, 1.165) is 12.5 Å². The number of aliphatic carboxylic acids is 1. The van der Waals surface area contributed by atoms with Gasteiger partial charge in [0.15, 0.2) is 0 Å². The first-order valence-corrected chi connectivity index (χ1v) is 5.20. The molecular formula is C11H18N2O4. The Morgan fingerprint density at radius 1 is 1.18 bits per heavy atom. The molecule has 0 spiro atoms. The van der Waals surface area contributed by atoms with E-state index in [2.05, 4.69) is 5.32 Å². The monoisotopic (exact) mass is 242 g/mol. The first kappa shape index (κ1) is 15.2. The molecule has 0 aromatic heterocycles. The number of amides is 3. The van der Waals surface area contributed by atoms with E-state index in [0.29, 0.717) is 12.6 Å². The maximum atomic E-state index is 11.2. The molecule has 0 radical (unpaired) electrons. The van der Waals surface area contributed by atoms with Gasteiger partial charge in [-0.2, -0.15) is 0 Å². The van der Waals surface area contributed by atoms with Gasteiger partial charge in [0, 0.05) is 18.7 Å². The number of hydrogen-bond donors (Lipinski definition) is 3. The molecule has 0 heterocycles. The molecule has 0 fully saturated rings. The molecule has 0 aromatic carbocycles. The minimum atomic E-state index is -1.24. The molecule has 3 N–H and O–H groups in total. The fourth-order valence-corrected chi connectivity index (χ4v) is 0.896. The van der Waals surface area contributed by atoms with Gasteiger partial charge in [-0.1, -0.05) is 20.8 Å². The highest BCUT2D eigenvalue weighted by Crippen LogP contribution is 2.16. The molecule has 96 valence electrons. The lowest BCUT2D eigenvalue weighted by atomic mass is 9.92. The number of rotatable bonds is 4. The van der Waals surface area contributed by atoms with Gasteiger partial charge in [-0.15, -0.1) is 0 Å². The van der Waals surface area contributed by atoms with E-state index in [4.69, 9.17) is 5.11 Å². The first-order valence-electron chi connectivity index (χ1n) is 5.20. The highest BCUT2D eigenvalue weighted by Gasteiger charge is 2.11. The summed E-state index contributed by atoms with van der Waals surface area (Å²) >= 11 is 0. The standard InChI is InChI=1S/C11H18N2O4/c1-11(2,3)6-7-12-10(17)13-8(14)4-5-9(15)16/h4-5H,6-7H2,1-3H3,(H,15,16)(H2,12,13,14,17)/b5-4+. The zero-order valence-electron chi connectivity index (χ0n) is 10.2. The summed E-state index contributed by atoms with van der Waals surface area (Å²) in [6, 6.07) is -0.630. The van der Waals surface area contributed by atoms with Crippen molar-refractivity contribution in [1.82, 2.24) is 10.6 Å². The van der Waals surface area contributed by atoms with Crippen LogP contribution in [-0.2, 0) is 9.59 Å². The van der Waals surface area contributed by atoms with E-state index in [1.165, 1.54) is 0 Å². The largest absolute Gasteiger partial charge is 0.478 e. The number of carbonyl (C=O) groups is 3. The number of urea groups is 1. The number of carbonyl (C=O) groups excluding carboxylic acids is 2. The molecule has 0 saturated heterocycles. The van der Waals surface area contributed by atoms with Crippen molar-refractivity contribution < 1.29 is 19.5 Å². The maximum Gasteiger partial charge on any atom is 0.328 e. The van der Waals surface area contributed by atoms with Crippen molar-refractivity contribution >= 4 is 17.9 Å². The van der Waals surface area contributed by atoms with Crippen molar-refractivity contribution in [3.05, 3.63) is 12.2 Å². The van der Waals surface area contributed by atoms with Crippen LogP contribution in [0.1, 0.15) is 27.2 Å². The van der Waals surface area contributed by atoms with E-state index in [1.54, 1.807) is 0 Å². The molecule has 0 aliphatic heterocycles. The van der Waals surface area contributed by atoms with E-state index >= 15 is 0 Å². The smallest absolute Gasteiger partial charge is 0.328 e. The number of imide groups is 1. The zero-order valence-corrected chi connectivity index (χ0v) is 10.2. The average molecular weight is 242 g/mol. The lowest BCUT2D eigenvalue weighted by Crippen LogP contribution is -2.39. The highest BCUT2D eigenvalue weighted by molar-refractivity contribution is 6.02. The van der Waals surface area contributed by atoms with Crippen molar-refractivity contribution in [1.29, 1.82) is 0 Å². The summed E-state index contributed by atoms with van der Waals surface area (Å²) in [6.07, 6.45) is 2.23. The molecule has 17 heavy (non-hydrogen) atoms. The zero-order chi connectivity index (χ0) is 13.5. The molecule has 6 nitrogen and oxygen atoms in total. The minimum Gasteiger partial charge on any atom is -0.478 e. The van der Waals surface area contributed by atoms with Crippen LogP contribution < -0.4 is 10.6 Å². The van der Waals surface area contributed by atoms with Crippen LogP contribution in [0.5, 0.6) is 0 Å². The summed E-state index contributed by atoms with van der Waals surface area (Å²) in [4.78, 5) is 32.3. The second kappa shape index (κ2) is 6.67. The Bertz CT molecular complexity index is 329. The van der Waals surface area contributed by atoms with E-state index in [1.807, 2.05) is 26.1 Å². The quantitative estimate of drug-likeness (QED) is 0.638. The normalized spacial score (nSPS) is 11.2. The molecule has 6 heteroatoms. The van der Waals surface area contributed by atoms with Crippen molar-refractivity contribution in [2.75, 3.05) is 6.54 Å². The second-order valence-corrected chi connectivity index (χ2v) is 4.73. The summed E-state index contributed by atoms with van der Waals surface area (Å²) in [5.74, 6) is -2.01. The third-order valence-electron chi connectivity index (χ3n) is 1.77. The predicted octanol–water partition coefficient (Wildman–Crippen LogP) is 0.889. The summed E-state index contributed by atoms with van der Waals surface area (Å²) in [5.41, 5.74) is 0.0977. The summed E-state index contributed by atoms with van der Waals surface area (Å²) in [7, 11) is 0. The molecule has 0 atom stereocenters. The fraction of sp³-hybridized carbons (Fsp3) is 0.545. The Morgan fingerprint density at radius 2 is 1.76 bits per heavy atom. The SMILES string of the molecule is CC(C)(C)CCNC(=O)NC(=O)/C=C/C(=O)O. The van der Waals surface area contributed by atoms with Crippen LogP contribution in [0.15, 0.2) is 12.2 Å². The number of nitrogens with one attached hydrogen (secondary N) is 2. The lowest BCUT2D eigenvalue weighted by molar-refractivity contribution is -0.131. The molecule has 0 unspecified atom stereocenters. The van der Waals surface area contributed by atoms with Crippen LogP contribution in [0.2, 0.25) is 0 Å². The van der Waals surface area contributed by atoms with Crippen LogP contribution in [0.4, 0.5) is 4.79 Å². The third kappa shape index (κ3) is 10.4. The number of carboxylic acid groups (broad SMARTS) is 1. The van der Waals surface area contributed by atoms with Crippen molar-refractivity contribution in [3.8, 4) is 0 Å². The molecule has 3 amide bonds. The molecule has 0 aromatic rings. The average Bonchev–Trinajstić information content (AvgIpc) is 2.12. The van der Waals surface area contributed by atoms with Crippen LogP contribution in [0.3, 0.4) is 0 Å². The van der Waals surface area contributed by atoms with E-state index < -0.39 is 17.9 Å². The van der Waals surface area contributed by atoms with E-state index in [9.17, 15) is 14.4 Å². The second-order valence-electron chi connectivity index (χ2n) is 4.73. The molecule has 0 rings (SSSR count). The van der Waals surface area contributed by atoms with Crippen LogP contribution in [0.25, 0.3) is 0 Å². The Hall–Kier alpha value is -1.85. The van der Waals surface area contributed by atoms with Crippen molar-refractivity contribution in [2.45, 2.75) is 27.2 Å². The summed E-state index contributed by atoms with van der Waals surface area (Å²) in [5, 5.41) is 12.7. The predicted molar refractivity (Wildman–Crippen MR) is 62.4 cm³/mol. The Morgan fingerprint density at radius 3 is 2.24 bits per heavy atom. The molecule has 0 aliphatic carbocycles. The van der Waals surface area contributed by atoms with Gasteiger partial charge in [-0.05, 0) is 11.8 Å². The topological polar surface area (TPSA) is 95.5 Å². The number of carboxylic acids is 1. The van der Waals surface area contributed by atoms with Gasteiger partial charge in [-0.25, -0.2) is 9.59 Å². The van der Waals surface area contributed by atoms with Crippen molar-refractivity contribution in [2.24, 2.45) is 5.41 Å². The van der Waals surface area contributed by atoms with Crippen LogP contribution >= 0.6 is 0 Å². The van der Waals surface area contributed by atoms with Crippen molar-refractivity contribution in [3.63, 3.8) is 0 Å². The van der Waals surface area contributed by atoms with Gasteiger partial charge in [0.05, 0.1) is 0 Å².